The molecule has 3 aliphatic carbocycles. The van der Waals surface area contributed by atoms with E-state index >= 15 is 0 Å². The number of aromatic nitrogens is 1. The van der Waals surface area contributed by atoms with Gasteiger partial charge in [0.05, 0.1) is 11.6 Å². The summed E-state index contributed by atoms with van der Waals surface area (Å²) in [6.07, 6.45) is 3.62. The smallest absolute Gasteiger partial charge is 0.255 e. The van der Waals surface area contributed by atoms with Gasteiger partial charge in [0, 0.05) is 62.3 Å². The minimum absolute atomic E-state index is 0.0363. The fourth-order valence-corrected chi connectivity index (χ4v) is 6.72. The molecule has 5 rings (SSSR count). The SMILES string of the molecule is CN(C)c1cc(CNCc2ccncc2)c(O)c2c1CC1CC3[C@H](N(C)C)C(=O)C(C(N)=O)=C(O)[C@@]3(O)C(=O)C1=C2O. The second kappa shape index (κ2) is 10.5. The van der Waals surface area contributed by atoms with Crippen LogP contribution in [0.5, 0.6) is 5.75 Å². The monoisotopic (exact) mass is 577 g/mol. The average molecular weight is 578 g/mol. The van der Waals surface area contributed by atoms with Gasteiger partial charge in [0.1, 0.15) is 22.8 Å². The summed E-state index contributed by atoms with van der Waals surface area (Å²) < 4.78 is 0. The number of amides is 1. The van der Waals surface area contributed by atoms with E-state index in [4.69, 9.17) is 5.73 Å². The van der Waals surface area contributed by atoms with Gasteiger partial charge < -0.3 is 36.4 Å². The highest BCUT2D eigenvalue weighted by Gasteiger charge is 2.64. The molecule has 12 nitrogen and oxygen atoms in total. The van der Waals surface area contributed by atoms with Gasteiger partial charge in [0.25, 0.3) is 5.91 Å². The Morgan fingerprint density at radius 2 is 1.79 bits per heavy atom. The zero-order valence-corrected chi connectivity index (χ0v) is 23.9. The van der Waals surface area contributed by atoms with Gasteiger partial charge >= 0.3 is 0 Å². The number of nitrogens with one attached hydrogen (secondary N) is 1. The molecule has 12 heteroatoms. The summed E-state index contributed by atoms with van der Waals surface area (Å²) in [5, 5.41) is 49.1. The molecule has 1 saturated carbocycles. The number of hydrogen-bond acceptors (Lipinski definition) is 11. The molecule has 0 aliphatic heterocycles. The summed E-state index contributed by atoms with van der Waals surface area (Å²) in [6.45, 7) is 0.740. The van der Waals surface area contributed by atoms with E-state index in [0.717, 1.165) is 11.3 Å². The van der Waals surface area contributed by atoms with E-state index in [1.54, 1.807) is 26.5 Å². The van der Waals surface area contributed by atoms with Crippen molar-refractivity contribution in [3.8, 4) is 5.75 Å². The van der Waals surface area contributed by atoms with Crippen LogP contribution in [0.15, 0.2) is 47.5 Å². The third kappa shape index (κ3) is 4.34. The second-order valence-electron chi connectivity index (χ2n) is 11.6. The summed E-state index contributed by atoms with van der Waals surface area (Å²) in [4.78, 5) is 46.8. The van der Waals surface area contributed by atoms with Gasteiger partial charge in [-0.15, -0.1) is 0 Å². The molecule has 0 bridgehead atoms. The van der Waals surface area contributed by atoms with Gasteiger partial charge in [-0.25, -0.2) is 0 Å². The van der Waals surface area contributed by atoms with Crippen molar-refractivity contribution in [3.05, 3.63) is 69.8 Å². The summed E-state index contributed by atoms with van der Waals surface area (Å²) in [7, 11) is 6.80. The summed E-state index contributed by atoms with van der Waals surface area (Å²) >= 11 is 0. The van der Waals surface area contributed by atoms with Crippen molar-refractivity contribution in [1.82, 2.24) is 15.2 Å². The van der Waals surface area contributed by atoms with Crippen LogP contribution in [0, 0.1) is 11.8 Å². The predicted molar refractivity (Wildman–Crippen MR) is 153 cm³/mol. The molecule has 1 amide bonds. The third-order valence-electron chi connectivity index (χ3n) is 8.65. The number of aliphatic hydroxyl groups is 3. The largest absolute Gasteiger partial charge is 0.508 e. The number of hydrogen-bond donors (Lipinski definition) is 6. The van der Waals surface area contributed by atoms with Crippen molar-refractivity contribution in [2.45, 2.75) is 37.6 Å². The Morgan fingerprint density at radius 3 is 2.38 bits per heavy atom. The first-order chi connectivity index (χ1) is 19.8. The van der Waals surface area contributed by atoms with Crippen LogP contribution in [0.2, 0.25) is 0 Å². The number of carbonyl (C=O) groups excluding carboxylic acids is 3. The molecular weight excluding hydrogens is 542 g/mol. The highest BCUT2D eigenvalue weighted by Crippen LogP contribution is 2.54. The normalized spacial score (nSPS) is 25.3. The molecule has 0 radical (unpaired) electrons. The first-order valence-electron chi connectivity index (χ1n) is 13.6. The number of anilines is 1. The molecule has 4 atom stereocenters. The van der Waals surface area contributed by atoms with Gasteiger partial charge in [-0.3, -0.25) is 24.3 Å². The van der Waals surface area contributed by atoms with E-state index in [1.807, 2.05) is 37.2 Å². The Labute approximate surface area is 242 Å². The number of nitrogens with two attached hydrogens (primary N) is 1. The topological polar surface area (TPSA) is 190 Å². The number of ketones is 2. The summed E-state index contributed by atoms with van der Waals surface area (Å²) in [5.74, 6) is -6.67. The van der Waals surface area contributed by atoms with Gasteiger partial charge in [0.2, 0.25) is 5.78 Å². The number of likely N-dealkylation sites (N-methyl/N-ethyl adjacent to an activating group) is 1. The van der Waals surface area contributed by atoms with Gasteiger partial charge in [-0.1, -0.05) is 0 Å². The number of carbonyl (C=O) groups is 3. The molecular formula is C30H35N5O7. The van der Waals surface area contributed by atoms with E-state index < -0.39 is 58.0 Å². The number of phenols is 1. The Kier molecular flexibility index (Phi) is 7.34. The maximum Gasteiger partial charge on any atom is 0.255 e. The van der Waals surface area contributed by atoms with Gasteiger partial charge in [0.15, 0.2) is 11.4 Å². The van der Waals surface area contributed by atoms with Crippen molar-refractivity contribution < 1.29 is 34.8 Å². The minimum atomic E-state index is -2.67. The maximum atomic E-state index is 14.1. The number of fused-ring (bicyclic) bond motifs is 3. The maximum absolute atomic E-state index is 14.1. The quantitative estimate of drug-likeness (QED) is 0.254. The molecule has 7 N–H and O–H groups in total. The number of aromatic hydroxyl groups is 1. The van der Waals surface area contributed by atoms with Gasteiger partial charge in [-0.05, 0) is 62.2 Å². The van der Waals surface area contributed by atoms with E-state index in [1.165, 1.54) is 4.90 Å². The highest BCUT2D eigenvalue weighted by atomic mass is 16.3. The number of Topliss-reactive ketones (excluding diaryl/α,β-unsaturated/α-hetero) is 2. The van der Waals surface area contributed by atoms with Crippen molar-refractivity contribution in [1.29, 1.82) is 0 Å². The lowest BCUT2D eigenvalue weighted by atomic mass is 9.57. The number of nitrogens with zero attached hydrogens (tertiary/aromatic N) is 3. The Bertz CT molecular complexity index is 1550. The lowest BCUT2D eigenvalue weighted by Gasteiger charge is -2.50. The van der Waals surface area contributed by atoms with Crippen LogP contribution >= 0.6 is 0 Å². The third-order valence-corrected chi connectivity index (χ3v) is 8.65. The van der Waals surface area contributed by atoms with E-state index in [-0.39, 0.29) is 36.3 Å². The van der Waals surface area contributed by atoms with Crippen molar-refractivity contribution in [2.75, 3.05) is 33.1 Å². The first kappa shape index (κ1) is 29.2. The number of rotatable bonds is 7. The number of primary amides is 1. The molecule has 2 aromatic rings. The van der Waals surface area contributed by atoms with Crippen LogP contribution in [-0.2, 0) is 33.9 Å². The van der Waals surface area contributed by atoms with Crippen molar-refractivity contribution in [3.63, 3.8) is 0 Å². The van der Waals surface area contributed by atoms with Crippen LogP contribution < -0.4 is 16.0 Å². The molecule has 1 fully saturated rings. The summed E-state index contributed by atoms with van der Waals surface area (Å²) in [6, 6.07) is 4.42. The second-order valence-corrected chi connectivity index (χ2v) is 11.6. The van der Waals surface area contributed by atoms with Crippen LogP contribution in [0.4, 0.5) is 5.69 Å². The fourth-order valence-electron chi connectivity index (χ4n) is 6.72. The number of phenolic OH excluding ortho intramolecular Hbond substituents is 1. The van der Waals surface area contributed by atoms with Crippen molar-refractivity contribution in [2.24, 2.45) is 17.6 Å². The number of benzene rings is 1. The summed E-state index contributed by atoms with van der Waals surface area (Å²) in [5.41, 5.74) is 4.58. The average Bonchev–Trinajstić information content (AvgIpc) is 2.92. The van der Waals surface area contributed by atoms with Crippen molar-refractivity contribution >= 4 is 28.9 Å². The molecule has 1 heterocycles. The molecule has 42 heavy (non-hydrogen) atoms. The highest BCUT2D eigenvalue weighted by molar-refractivity contribution is 6.24. The lowest BCUT2D eigenvalue weighted by molar-refractivity contribution is -0.153. The Morgan fingerprint density at radius 1 is 1.12 bits per heavy atom. The van der Waals surface area contributed by atoms with E-state index in [0.29, 0.717) is 17.7 Å². The Hall–Kier alpha value is -4.26. The minimum Gasteiger partial charge on any atom is -0.508 e. The lowest BCUT2D eigenvalue weighted by Crippen LogP contribution is -2.65. The molecule has 0 saturated heterocycles. The Balaban J connectivity index is 1.63. The molecule has 2 unspecified atom stereocenters. The molecule has 1 aromatic carbocycles. The van der Waals surface area contributed by atoms with Crippen LogP contribution in [0.1, 0.15) is 28.7 Å². The van der Waals surface area contributed by atoms with E-state index in [2.05, 4.69) is 10.3 Å². The standard InChI is InChI=1S/C30H35N5O7/c1-34(2)19-11-16(13-33-12-14-5-7-32-8-6-14)24(36)21-17(19)9-15-10-18-23(35(3)4)26(38)22(29(31)41)28(40)30(18,42)27(39)20(15)25(21)37/h5-8,11,15,18,23,33,36-37,40,42H,9-10,12-13H2,1-4H3,(H2,31,41)/t15?,18?,23-,30-/m0/s1. The van der Waals surface area contributed by atoms with E-state index in [9.17, 15) is 34.8 Å². The molecule has 3 aliphatic rings. The fraction of sp³-hybridized carbons (Fsp3) is 0.400. The van der Waals surface area contributed by atoms with Crippen LogP contribution in [0.3, 0.4) is 0 Å². The zero-order valence-electron chi connectivity index (χ0n) is 23.9. The predicted octanol–water partition coefficient (Wildman–Crippen LogP) is 0.715. The zero-order chi connectivity index (χ0) is 30.7. The van der Waals surface area contributed by atoms with Gasteiger partial charge in [-0.2, -0.15) is 0 Å². The number of aliphatic hydroxyl groups excluding tert-OH is 2. The molecule has 222 valence electrons. The van der Waals surface area contributed by atoms with Crippen LogP contribution in [0.25, 0.3) is 5.76 Å². The number of pyridine rings is 1. The molecule has 0 spiro atoms. The van der Waals surface area contributed by atoms with Crippen LogP contribution in [-0.4, -0.2) is 87.6 Å². The molecule has 1 aromatic heterocycles. The first-order valence-corrected chi connectivity index (χ1v) is 13.6.